The molecule has 0 radical (unpaired) electrons. The lowest BCUT2D eigenvalue weighted by Crippen LogP contribution is -2.27. The fourth-order valence-electron chi connectivity index (χ4n) is 1.63. The molecule has 7 nitrogen and oxygen atoms in total. The number of hydrogen-bond donors (Lipinski definition) is 3. The SMILES string of the molecule is CCNc1cn(O)c2c(NCC)[n+]([O-])oc12. The van der Waals surface area contributed by atoms with E-state index in [0.29, 0.717) is 34.8 Å². The van der Waals surface area contributed by atoms with Crippen LogP contribution in [-0.2, 0) is 0 Å². The molecule has 0 saturated heterocycles. The minimum Gasteiger partial charge on any atom is -0.435 e. The van der Waals surface area contributed by atoms with Gasteiger partial charge in [-0.05, 0) is 18.8 Å². The van der Waals surface area contributed by atoms with Crippen LogP contribution in [0, 0.1) is 5.21 Å². The molecule has 0 bridgehead atoms. The van der Waals surface area contributed by atoms with Gasteiger partial charge >= 0.3 is 5.82 Å². The molecule has 0 fully saturated rings. The number of rotatable bonds is 4. The Morgan fingerprint density at radius 2 is 2.12 bits per heavy atom. The third kappa shape index (κ3) is 1.40. The first-order chi connectivity index (χ1) is 7.69. The molecule has 0 aliphatic rings. The van der Waals surface area contributed by atoms with Gasteiger partial charge in [0.25, 0.3) is 0 Å². The van der Waals surface area contributed by atoms with Crippen molar-refractivity contribution in [3.05, 3.63) is 11.4 Å². The summed E-state index contributed by atoms with van der Waals surface area (Å²) >= 11 is 0. The van der Waals surface area contributed by atoms with Gasteiger partial charge in [-0.2, -0.15) is 4.73 Å². The van der Waals surface area contributed by atoms with E-state index in [1.54, 1.807) is 0 Å². The first-order valence-corrected chi connectivity index (χ1v) is 5.13. The van der Waals surface area contributed by atoms with Crippen molar-refractivity contribution in [3.63, 3.8) is 0 Å². The maximum atomic E-state index is 11.4. The van der Waals surface area contributed by atoms with Gasteiger partial charge in [0.15, 0.2) is 5.52 Å². The first kappa shape index (κ1) is 10.5. The van der Waals surface area contributed by atoms with Crippen LogP contribution < -0.4 is 15.5 Å². The van der Waals surface area contributed by atoms with E-state index < -0.39 is 0 Å². The van der Waals surface area contributed by atoms with Crippen molar-refractivity contribution in [1.82, 2.24) is 4.73 Å². The van der Waals surface area contributed by atoms with E-state index in [0.717, 1.165) is 4.73 Å². The molecule has 16 heavy (non-hydrogen) atoms. The molecule has 0 amide bonds. The summed E-state index contributed by atoms with van der Waals surface area (Å²) in [6.07, 6.45) is 1.47. The highest BCUT2D eigenvalue weighted by Gasteiger charge is 2.21. The number of nitrogens with zero attached hydrogens (tertiary/aromatic N) is 2. The average Bonchev–Trinajstić information content (AvgIpc) is 2.70. The lowest BCUT2D eigenvalue weighted by molar-refractivity contribution is -0.776. The van der Waals surface area contributed by atoms with Gasteiger partial charge in [0.05, 0.1) is 18.4 Å². The minimum absolute atomic E-state index is 0.212. The van der Waals surface area contributed by atoms with Gasteiger partial charge in [0.2, 0.25) is 0 Å². The van der Waals surface area contributed by atoms with Crippen LogP contribution in [0.15, 0.2) is 10.7 Å². The maximum absolute atomic E-state index is 11.4. The molecule has 2 rings (SSSR count). The van der Waals surface area contributed by atoms with E-state index in [-0.39, 0.29) is 5.82 Å². The highest BCUT2D eigenvalue weighted by molar-refractivity contribution is 5.93. The summed E-state index contributed by atoms with van der Waals surface area (Å²) in [5.74, 6) is 0.212. The third-order valence-electron chi connectivity index (χ3n) is 2.23. The van der Waals surface area contributed by atoms with Crippen LogP contribution >= 0.6 is 0 Å². The Morgan fingerprint density at radius 3 is 2.75 bits per heavy atom. The Bertz CT molecular complexity index is 502. The molecule has 0 unspecified atom stereocenters. The molecule has 3 N–H and O–H groups in total. The molecule has 2 aromatic rings. The summed E-state index contributed by atoms with van der Waals surface area (Å²) in [7, 11) is 0. The molecule has 0 spiro atoms. The van der Waals surface area contributed by atoms with Gasteiger partial charge in [-0.1, -0.05) is 0 Å². The second-order valence-corrected chi connectivity index (χ2v) is 3.32. The Labute approximate surface area is 91.8 Å². The van der Waals surface area contributed by atoms with Gasteiger partial charge in [-0.3, -0.25) is 5.32 Å². The van der Waals surface area contributed by atoms with Crippen molar-refractivity contribution in [2.45, 2.75) is 13.8 Å². The lowest BCUT2D eigenvalue weighted by atomic mass is 10.4. The van der Waals surface area contributed by atoms with E-state index in [9.17, 15) is 10.4 Å². The largest absolute Gasteiger partial charge is 0.435 e. The van der Waals surface area contributed by atoms with Crippen molar-refractivity contribution >= 4 is 22.6 Å². The molecule has 0 saturated carbocycles. The normalized spacial score (nSPS) is 10.9. The van der Waals surface area contributed by atoms with Crippen molar-refractivity contribution in [3.8, 4) is 0 Å². The van der Waals surface area contributed by atoms with Gasteiger partial charge < -0.3 is 20.3 Å². The minimum atomic E-state index is 0.212. The molecule has 88 valence electrons. The second-order valence-electron chi connectivity index (χ2n) is 3.32. The fourth-order valence-corrected chi connectivity index (χ4v) is 1.63. The van der Waals surface area contributed by atoms with Gasteiger partial charge in [-0.15, -0.1) is 0 Å². The van der Waals surface area contributed by atoms with Crippen molar-refractivity contribution < 1.29 is 14.6 Å². The van der Waals surface area contributed by atoms with Gasteiger partial charge in [0.1, 0.15) is 5.58 Å². The summed E-state index contributed by atoms with van der Waals surface area (Å²) in [5, 5.41) is 26.9. The molecule has 0 aliphatic heterocycles. The molecule has 2 aromatic heterocycles. The maximum Gasteiger partial charge on any atom is 0.344 e. The molecule has 0 aromatic carbocycles. The monoisotopic (exact) mass is 226 g/mol. The summed E-state index contributed by atoms with van der Waals surface area (Å²) < 4.78 is 5.89. The fraction of sp³-hybridized carbons (Fsp3) is 0.444. The van der Waals surface area contributed by atoms with Crippen molar-refractivity contribution in [2.75, 3.05) is 23.7 Å². The summed E-state index contributed by atoms with van der Waals surface area (Å²) in [5.41, 5.74) is 1.27. The lowest BCUT2D eigenvalue weighted by Gasteiger charge is -1.99. The standard InChI is InChI=1S/C9H14N4O3/c1-3-10-6-5-12(14)7-8(6)16-13(15)9(7)11-4-2/h5,10-11,14H,3-4H2,1-2H3. The Hall–Kier alpha value is -2.05. The molecular formula is C9H14N4O3. The Kier molecular flexibility index (Phi) is 2.51. The van der Waals surface area contributed by atoms with Crippen LogP contribution in [0.3, 0.4) is 0 Å². The average molecular weight is 226 g/mol. The smallest absolute Gasteiger partial charge is 0.344 e. The molecule has 0 aliphatic carbocycles. The highest BCUT2D eigenvalue weighted by atomic mass is 16.7. The van der Waals surface area contributed by atoms with E-state index in [4.69, 9.17) is 4.52 Å². The van der Waals surface area contributed by atoms with Gasteiger partial charge in [0, 0.05) is 6.54 Å². The van der Waals surface area contributed by atoms with Crippen molar-refractivity contribution in [1.29, 1.82) is 0 Å². The van der Waals surface area contributed by atoms with Crippen LogP contribution in [0.5, 0.6) is 0 Å². The number of hydrogen-bond acceptors (Lipinski definition) is 5. The Morgan fingerprint density at radius 1 is 1.44 bits per heavy atom. The van der Waals surface area contributed by atoms with Crippen LogP contribution in [0.25, 0.3) is 11.1 Å². The number of aromatic nitrogens is 2. The van der Waals surface area contributed by atoms with E-state index >= 15 is 0 Å². The molecule has 7 heteroatoms. The van der Waals surface area contributed by atoms with Crippen molar-refractivity contribution in [2.24, 2.45) is 0 Å². The van der Waals surface area contributed by atoms with E-state index in [2.05, 4.69) is 10.6 Å². The van der Waals surface area contributed by atoms with Crippen LogP contribution in [0.1, 0.15) is 13.8 Å². The topological polar surface area (TPSA) is 89.3 Å². The molecule has 2 heterocycles. The quantitative estimate of drug-likeness (QED) is 0.534. The predicted molar refractivity (Wildman–Crippen MR) is 58.7 cm³/mol. The number of nitrogens with one attached hydrogen (secondary N) is 2. The first-order valence-electron chi connectivity index (χ1n) is 5.13. The highest BCUT2D eigenvalue weighted by Crippen LogP contribution is 2.29. The zero-order valence-corrected chi connectivity index (χ0v) is 9.15. The Balaban J connectivity index is 2.60. The molecule has 0 atom stereocenters. The number of fused-ring (bicyclic) bond motifs is 1. The van der Waals surface area contributed by atoms with Crippen LogP contribution in [0.2, 0.25) is 0 Å². The summed E-state index contributed by atoms with van der Waals surface area (Å²) in [6.45, 7) is 5.02. The van der Waals surface area contributed by atoms with E-state index in [1.807, 2.05) is 13.8 Å². The van der Waals surface area contributed by atoms with E-state index in [1.165, 1.54) is 6.20 Å². The second kappa shape index (κ2) is 3.84. The summed E-state index contributed by atoms with van der Waals surface area (Å²) in [4.78, 5) is 0.363. The predicted octanol–water partition coefficient (Wildman–Crippen LogP) is 0.969. The third-order valence-corrected chi connectivity index (χ3v) is 2.23. The molecular weight excluding hydrogens is 212 g/mol. The summed E-state index contributed by atoms with van der Waals surface area (Å²) in [6, 6.07) is 0. The van der Waals surface area contributed by atoms with Crippen LogP contribution in [0.4, 0.5) is 11.5 Å². The van der Waals surface area contributed by atoms with Gasteiger partial charge in [-0.25, -0.2) is 0 Å². The number of anilines is 2. The zero-order chi connectivity index (χ0) is 11.7. The zero-order valence-electron chi connectivity index (χ0n) is 9.15. The van der Waals surface area contributed by atoms with Crippen LogP contribution in [-0.4, -0.2) is 23.0 Å².